The van der Waals surface area contributed by atoms with Gasteiger partial charge in [0.1, 0.15) is 11.9 Å². The first-order valence-corrected chi connectivity index (χ1v) is 5.87. The number of carbonyl (C=O) groups is 1. The van der Waals surface area contributed by atoms with Gasteiger partial charge in [0.25, 0.3) is 5.91 Å². The van der Waals surface area contributed by atoms with Crippen LogP contribution in [0.1, 0.15) is 18.1 Å². The van der Waals surface area contributed by atoms with Crippen molar-refractivity contribution in [2.24, 2.45) is 11.6 Å². The molecule has 7 heteroatoms. The number of nitrogens with one attached hydrogen (secondary N) is 1. The number of hydrogen-bond donors (Lipinski definition) is 5. The second-order valence-corrected chi connectivity index (χ2v) is 3.98. The van der Waals surface area contributed by atoms with Crippen molar-refractivity contribution in [3.05, 3.63) is 29.8 Å². The Balaban J connectivity index is 2.80. The Labute approximate surface area is 111 Å². The summed E-state index contributed by atoms with van der Waals surface area (Å²) < 4.78 is 5.24. The van der Waals surface area contributed by atoms with Gasteiger partial charge in [-0.25, -0.2) is 5.84 Å². The van der Waals surface area contributed by atoms with Crippen molar-refractivity contribution in [2.45, 2.75) is 18.6 Å². The molecule has 2 atom stereocenters. The molecule has 0 aromatic heterocycles. The molecule has 0 saturated carbocycles. The number of nitrogens with two attached hydrogens (primary N) is 2. The van der Waals surface area contributed by atoms with Gasteiger partial charge in [0.05, 0.1) is 6.10 Å². The Bertz CT molecular complexity index is 414. The van der Waals surface area contributed by atoms with Crippen LogP contribution in [0.2, 0.25) is 0 Å². The van der Waals surface area contributed by atoms with Gasteiger partial charge in [0, 0.05) is 5.56 Å². The highest BCUT2D eigenvalue weighted by Crippen LogP contribution is 2.28. The molecule has 7 N–H and O–H groups in total. The predicted molar refractivity (Wildman–Crippen MR) is 68.9 cm³/mol. The van der Waals surface area contributed by atoms with Gasteiger partial charge in [-0.05, 0) is 19.0 Å². The average molecular weight is 269 g/mol. The zero-order valence-corrected chi connectivity index (χ0v) is 10.5. The Kier molecular flexibility index (Phi) is 6.23. The summed E-state index contributed by atoms with van der Waals surface area (Å²) in [5.41, 5.74) is 7.66. The summed E-state index contributed by atoms with van der Waals surface area (Å²) in [7, 11) is 0. The number of aliphatic hydroxyl groups excluding tert-OH is 2. The van der Waals surface area contributed by atoms with E-state index >= 15 is 0 Å². The molecule has 2 unspecified atom stereocenters. The van der Waals surface area contributed by atoms with E-state index in [9.17, 15) is 15.0 Å². The van der Waals surface area contributed by atoms with Crippen LogP contribution in [0.4, 0.5) is 0 Å². The smallest absolute Gasteiger partial charge is 0.271 e. The number of aliphatic hydroxyl groups is 2. The molecule has 106 valence electrons. The van der Waals surface area contributed by atoms with Crippen LogP contribution in [0.5, 0.6) is 5.75 Å². The molecule has 0 aliphatic carbocycles. The zero-order valence-electron chi connectivity index (χ0n) is 10.5. The maximum absolute atomic E-state index is 11.0. The van der Waals surface area contributed by atoms with Gasteiger partial charge in [-0.2, -0.15) is 0 Å². The summed E-state index contributed by atoms with van der Waals surface area (Å²) in [6.07, 6.45) is -1.85. The van der Waals surface area contributed by atoms with Gasteiger partial charge in [0.2, 0.25) is 0 Å². The topological polar surface area (TPSA) is 131 Å². The van der Waals surface area contributed by atoms with E-state index < -0.39 is 18.1 Å². The summed E-state index contributed by atoms with van der Waals surface area (Å²) in [6.45, 7) is -0.00987. The van der Waals surface area contributed by atoms with Gasteiger partial charge in [0.15, 0.2) is 6.61 Å². The average Bonchev–Trinajstić information content (AvgIpc) is 2.44. The van der Waals surface area contributed by atoms with E-state index in [2.05, 4.69) is 0 Å². The van der Waals surface area contributed by atoms with E-state index in [1.165, 1.54) is 0 Å². The second-order valence-electron chi connectivity index (χ2n) is 3.98. The SMILES string of the molecule is NCCC(O)C(O)c1ccccc1OCC(=O)NN. The second kappa shape index (κ2) is 7.70. The number of rotatable bonds is 7. The molecule has 1 aromatic rings. The molecule has 19 heavy (non-hydrogen) atoms. The Morgan fingerprint density at radius 1 is 1.37 bits per heavy atom. The summed E-state index contributed by atoms with van der Waals surface area (Å²) in [5.74, 6) is 4.76. The minimum Gasteiger partial charge on any atom is -0.483 e. The quantitative estimate of drug-likeness (QED) is 0.240. The van der Waals surface area contributed by atoms with Gasteiger partial charge in [-0.1, -0.05) is 18.2 Å². The van der Waals surface area contributed by atoms with Crippen LogP contribution in [0, 0.1) is 0 Å². The van der Waals surface area contributed by atoms with E-state index in [4.69, 9.17) is 16.3 Å². The summed E-state index contributed by atoms with van der Waals surface area (Å²) in [4.78, 5) is 11.0. The van der Waals surface area contributed by atoms with Crippen LogP contribution >= 0.6 is 0 Å². The lowest BCUT2D eigenvalue weighted by Crippen LogP contribution is -2.34. The summed E-state index contributed by atoms with van der Waals surface area (Å²) in [6, 6.07) is 6.60. The van der Waals surface area contributed by atoms with Crippen LogP contribution in [-0.2, 0) is 4.79 Å². The monoisotopic (exact) mass is 269 g/mol. The van der Waals surface area contributed by atoms with E-state index in [0.29, 0.717) is 11.3 Å². The Morgan fingerprint density at radius 3 is 2.68 bits per heavy atom. The first-order valence-electron chi connectivity index (χ1n) is 5.87. The molecule has 1 rings (SSSR count). The van der Waals surface area contributed by atoms with Crippen molar-refractivity contribution in [1.82, 2.24) is 5.43 Å². The number of para-hydroxylation sites is 1. The van der Waals surface area contributed by atoms with E-state index in [-0.39, 0.29) is 19.6 Å². The molecule has 0 fully saturated rings. The lowest BCUT2D eigenvalue weighted by molar-refractivity contribution is -0.123. The number of benzene rings is 1. The molecule has 0 radical (unpaired) electrons. The first kappa shape index (κ1) is 15.4. The van der Waals surface area contributed by atoms with Crippen molar-refractivity contribution < 1.29 is 19.7 Å². The van der Waals surface area contributed by atoms with Crippen molar-refractivity contribution in [1.29, 1.82) is 0 Å². The number of ether oxygens (including phenoxy) is 1. The molecule has 1 aromatic carbocycles. The van der Waals surface area contributed by atoms with Gasteiger partial charge < -0.3 is 20.7 Å². The Morgan fingerprint density at radius 2 is 2.05 bits per heavy atom. The maximum Gasteiger partial charge on any atom is 0.271 e. The number of hydrazine groups is 1. The fourth-order valence-corrected chi connectivity index (χ4v) is 1.58. The molecule has 0 saturated heterocycles. The van der Waals surface area contributed by atoms with E-state index in [0.717, 1.165) is 0 Å². The first-order chi connectivity index (χ1) is 9.10. The van der Waals surface area contributed by atoms with Crippen molar-refractivity contribution in [3.63, 3.8) is 0 Å². The number of hydrogen-bond acceptors (Lipinski definition) is 6. The lowest BCUT2D eigenvalue weighted by atomic mass is 10.0. The molecule has 0 aliphatic heterocycles. The summed E-state index contributed by atoms with van der Waals surface area (Å²) in [5, 5.41) is 19.7. The fourth-order valence-electron chi connectivity index (χ4n) is 1.58. The third-order valence-corrected chi connectivity index (χ3v) is 2.58. The van der Waals surface area contributed by atoms with Gasteiger partial charge in [-0.3, -0.25) is 10.2 Å². The van der Waals surface area contributed by atoms with Gasteiger partial charge >= 0.3 is 0 Å². The van der Waals surface area contributed by atoms with Crippen molar-refractivity contribution >= 4 is 5.91 Å². The van der Waals surface area contributed by atoms with Crippen LogP contribution in [0.15, 0.2) is 24.3 Å². The minimum atomic E-state index is -1.12. The highest BCUT2D eigenvalue weighted by molar-refractivity contribution is 5.76. The normalized spacial score (nSPS) is 13.7. The highest BCUT2D eigenvalue weighted by atomic mass is 16.5. The molecule has 0 aliphatic rings. The minimum absolute atomic E-state index is 0.261. The largest absolute Gasteiger partial charge is 0.483 e. The predicted octanol–water partition coefficient (Wildman–Crippen LogP) is -1.20. The summed E-state index contributed by atoms with van der Waals surface area (Å²) >= 11 is 0. The Hall–Kier alpha value is -1.67. The van der Waals surface area contributed by atoms with Crippen LogP contribution in [0.3, 0.4) is 0 Å². The van der Waals surface area contributed by atoms with Crippen LogP contribution in [-0.4, -0.2) is 35.4 Å². The van der Waals surface area contributed by atoms with E-state index in [1.807, 2.05) is 5.43 Å². The molecular formula is C12H19N3O4. The van der Waals surface area contributed by atoms with Crippen molar-refractivity contribution in [3.8, 4) is 5.75 Å². The third kappa shape index (κ3) is 4.49. The fraction of sp³-hybridized carbons (Fsp3) is 0.417. The standard InChI is InChI=1S/C12H19N3O4/c13-6-5-9(16)12(18)8-3-1-2-4-10(8)19-7-11(17)15-14/h1-4,9,12,16,18H,5-7,13-14H2,(H,15,17). The molecule has 0 bridgehead atoms. The van der Waals surface area contributed by atoms with Crippen LogP contribution < -0.4 is 21.7 Å². The number of amides is 1. The maximum atomic E-state index is 11.0. The molecular weight excluding hydrogens is 250 g/mol. The van der Waals surface area contributed by atoms with Crippen molar-refractivity contribution in [2.75, 3.05) is 13.2 Å². The zero-order chi connectivity index (χ0) is 14.3. The number of carbonyl (C=O) groups excluding carboxylic acids is 1. The van der Waals surface area contributed by atoms with Crippen LogP contribution in [0.25, 0.3) is 0 Å². The molecule has 0 heterocycles. The third-order valence-electron chi connectivity index (χ3n) is 2.58. The molecule has 1 amide bonds. The lowest BCUT2D eigenvalue weighted by Gasteiger charge is -2.20. The highest BCUT2D eigenvalue weighted by Gasteiger charge is 2.21. The molecule has 0 spiro atoms. The molecule has 7 nitrogen and oxygen atoms in total. The van der Waals surface area contributed by atoms with E-state index in [1.54, 1.807) is 24.3 Å². The van der Waals surface area contributed by atoms with Gasteiger partial charge in [-0.15, -0.1) is 0 Å².